The molecular formula is C17H14N4O5S2. The summed E-state index contributed by atoms with van der Waals surface area (Å²) in [7, 11) is -2.78. The molecule has 0 aliphatic heterocycles. The molecule has 11 heteroatoms. The summed E-state index contributed by atoms with van der Waals surface area (Å²) in [5, 5.41) is 12.4. The first-order valence-corrected chi connectivity index (χ1v) is 10.1. The Kier molecular flexibility index (Phi) is 5.76. The lowest BCUT2D eigenvalue weighted by Crippen LogP contribution is -2.13. The van der Waals surface area contributed by atoms with Crippen LogP contribution in [0.3, 0.4) is 0 Å². The quantitative estimate of drug-likeness (QED) is 0.457. The summed E-state index contributed by atoms with van der Waals surface area (Å²) in [4.78, 5) is 18.5. The average molecular weight is 418 g/mol. The van der Waals surface area contributed by atoms with Gasteiger partial charge in [-0.05, 0) is 36.4 Å². The van der Waals surface area contributed by atoms with Crippen LogP contribution in [0.15, 0.2) is 75.9 Å². The van der Waals surface area contributed by atoms with E-state index in [1.807, 2.05) is 6.07 Å². The molecule has 0 aliphatic carbocycles. The van der Waals surface area contributed by atoms with E-state index >= 15 is 0 Å². The number of aromatic nitrogens is 2. The van der Waals surface area contributed by atoms with Crippen LogP contribution in [0.25, 0.3) is 0 Å². The van der Waals surface area contributed by atoms with E-state index in [1.54, 1.807) is 24.4 Å². The van der Waals surface area contributed by atoms with Crippen LogP contribution in [0.2, 0.25) is 0 Å². The van der Waals surface area contributed by atoms with E-state index in [0.29, 0.717) is 10.1 Å². The van der Waals surface area contributed by atoms with Crippen LogP contribution in [0.1, 0.15) is 0 Å². The Morgan fingerprint density at radius 3 is 2.54 bits per heavy atom. The number of nitrogens with zero attached hydrogens (tertiary/aromatic N) is 3. The van der Waals surface area contributed by atoms with Gasteiger partial charge in [-0.2, -0.15) is 0 Å². The van der Waals surface area contributed by atoms with Gasteiger partial charge in [-0.15, -0.1) is 0 Å². The predicted molar refractivity (Wildman–Crippen MR) is 103 cm³/mol. The largest absolute Gasteiger partial charge is 0.490 e. The molecule has 0 bridgehead atoms. The standard InChI is InChI=1S/C17H14N4O5S2/c1-26-15-6-5-13(11-14(15)21(22)23)28(24,25)20-12-7-9-19-17(10-12)27-16-4-2-3-8-18-16/h2-11H,1H3,(H,19,20). The third-order valence-electron chi connectivity index (χ3n) is 3.49. The van der Waals surface area contributed by atoms with Crippen molar-refractivity contribution in [1.29, 1.82) is 0 Å². The van der Waals surface area contributed by atoms with E-state index < -0.39 is 20.6 Å². The second kappa shape index (κ2) is 8.23. The fourth-order valence-corrected chi connectivity index (χ4v) is 4.08. The second-order valence-electron chi connectivity index (χ2n) is 5.35. The number of pyridine rings is 2. The number of nitro groups is 1. The topological polar surface area (TPSA) is 124 Å². The van der Waals surface area contributed by atoms with Crippen LogP contribution in [-0.2, 0) is 10.0 Å². The molecule has 9 nitrogen and oxygen atoms in total. The number of hydrogen-bond donors (Lipinski definition) is 1. The number of benzene rings is 1. The fourth-order valence-electron chi connectivity index (χ4n) is 2.24. The molecule has 0 saturated carbocycles. The molecule has 1 aromatic carbocycles. The number of sulfonamides is 1. The van der Waals surface area contributed by atoms with Crippen molar-refractivity contribution in [3.05, 3.63) is 71.0 Å². The van der Waals surface area contributed by atoms with Crippen molar-refractivity contribution in [2.75, 3.05) is 11.8 Å². The molecule has 3 aromatic rings. The maximum absolute atomic E-state index is 12.6. The van der Waals surface area contributed by atoms with Gasteiger partial charge >= 0.3 is 5.69 Å². The van der Waals surface area contributed by atoms with Crippen LogP contribution >= 0.6 is 11.8 Å². The van der Waals surface area contributed by atoms with Gasteiger partial charge in [0.05, 0.1) is 22.6 Å². The van der Waals surface area contributed by atoms with E-state index in [-0.39, 0.29) is 16.3 Å². The Morgan fingerprint density at radius 1 is 1.07 bits per heavy atom. The summed E-state index contributed by atoms with van der Waals surface area (Å²) in [5.41, 5.74) is -0.168. The Labute approximate surface area is 165 Å². The van der Waals surface area contributed by atoms with Crippen molar-refractivity contribution in [3.8, 4) is 5.75 Å². The summed E-state index contributed by atoms with van der Waals surface area (Å²) in [6, 6.07) is 11.9. The van der Waals surface area contributed by atoms with Crippen LogP contribution in [0.4, 0.5) is 11.4 Å². The molecule has 2 heterocycles. The normalized spacial score (nSPS) is 11.0. The molecule has 3 rings (SSSR count). The summed E-state index contributed by atoms with van der Waals surface area (Å²) in [6.07, 6.45) is 3.10. The first-order valence-electron chi connectivity index (χ1n) is 7.79. The zero-order chi connectivity index (χ0) is 20.1. The minimum absolute atomic E-state index is 0.0260. The second-order valence-corrected chi connectivity index (χ2v) is 8.07. The first kappa shape index (κ1) is 19.6. The molecule has 28 heavy (non-hydrogen) atoms. The lowest BCUT2D eigenvalue weighted by Gasteiger charge is -2.10. The van der Waals surface area contributed by atoms with Gasteiger partial charge in [-0.1, -0.05) is 17.8 Å². The molecule has 0 aliphatic rings. The summed E-state index contributed by atoms with van der Waals surface area (Å²) < 4.78 is 32.6. The van der Waals surface area contributed by atoms with Crippen molar-refractivity contribution in [2.24, 2.45) is 0 Å². The van der Waals surface area contributed by atoms with E-state index in [9.17, 15) is 18.5 Å². The van der Waals surface area contributed by atoms with Crippen molar-refractivity contribution in [3.63, 3.8) is 0 Å². The maximum Gasteiger partial charge on any atom is 0.312 e. The van der Waals surface area contributed by atoms with E-state index in [1.165, 1.54) is 43.3 Å². The summed E-state index contributed by atoms with van der Waals surface area (Å²) >= 11 is 1.27. The zero-order valence-corrected chi connectivity index (χ0v) is 16.1. The number of rotatable bonds is 7. The Morgan fingerprint density at radius 2 is 1.86 bits per heavy atom. The molecule has 1 N–H and O–H groups in total. The molecule has 0 amide bonds. The molecule has 144 valence electrons. The lowest BCUT2D eigenvalue weighted by molar-refractivity contribution is -0.386. The fraction of sp³-hybridized carbons (Fsp3) is 0.0588. The average Bonchev–Trinajstić information content (AvgIpc) is 2.68. The van der Waals surface area contributed by atoms with Crippen LogP contribution in [0, 0.1) is 10.1 Å². The molecular weight excluding hydrogens is 404 g/mol. The molecule has 0 atom stereocenters. The van der Waals surface area contributed by atoms with Gasteiger partial charge in [0.25, 0.3) is 10.0 Å². The van der Waals surface area contributed by atoms with Crippen LogP contribution < -0.4 is 9.46 Å². The minimum Gasteiger partial charge on any atom is -0.490 e. The third kappa shape index (κ3) is 4.56. The van der Waals surface area contributed by atoms with Gasteiger partial charge in [-0.25, -0.2) is 18.4 Å². The van der Waals surface area contributed by atoms with Crippen LogP contribution in [-0.4, -0.2) is 30.4 Å². The molecule has 0 saturated heterocycles. The first-order chi connectivity index (χ1) is 13.4. The Hall–Kier alpha value is -3.18. The summed E-state index contributed by atoms with van der Waals surface area (Å²) in [6.45, 7) is 0. The van der Waals surface area contributed by atoms with Crippen LogP contribution in [0.5, 0.6) is 5.75 Å². The van der Waals surface area contributed by atoms with Crippen molar-refractivity contribution in [1.82, 2.24) is 9.97 Å². The van der Waals surface area contributed by atoms with E-state index in [2.05, 4.69) is 14.7 Å². The highest BCUT2D eigenvalue weighted by molar-refractivity contribution is 7.99. The van der Waals surface area contributed by atoms with Crippen molar-refractivity contribution < 1.29 is 18.1 Å². The molecule has 0 fully saturated rings. The number of nitro benzene ring substituents is 1. The van der Waals surface area contributed by atoms with E-state index in [4.69, 9.17) is 4.74 Å². The number of nitrogens with one attached hydrogen (secondary N) is 1. The predicted octanol–water partition coefficient (Wildman–Crippen LogP) is 3.35. The van der Waals surface area contributed by atoms with Gasteiger partial charge in [0.1, 0.15) is 10.1 Å². The highest BCUT2D eigenvalue weighted by Gasteiger charge is 2.22. The number of hydrogen-bond acceptors (Lipinski definition) is 8. The summed E-state index contributed by atoms with van der Waals surface area (Å²) in [5.74, 6) is -0.0260. The third-order valence-corrected chi connectivity index (χ3v) is 5.75. The number of ether oxygens (including phenoxy) is 1. The number of anilines is 1. The van der Waals surface area contributed by atoms with Crippen molar-refractivity contribution in [2.45, 2.75) is 14.9 Å². The van der Waals surface area contributed by atoms with Gasteiger partial charge in [-0.3, -0.25) is 14.8 Å². The maximum atomic E-state index is 12.6. The van der Waals surface area contributed by atoms with Gasteiger partial charge in [0.2, 0.25) is 0 Å². The minimum atomic E-state index is -4.05. The zero-order valence-electron chi connectivity index (χ0n) is 14.5. The van der Waals surface area contributed by atoms with Crippen molar-refractivity contribution >= 4 is 33.2 Å². The molecule has 0 radical (unpaired) electrons. The monoisotopic (exact) mass is 418 g/mol. The Bertz CT molecular complexity index is 1110. The highest BCUT2D eigenvalue weighted by Crippen LogP contribution is 2.31. The van der Waals surface area contributed by atoms with Gasteiger partial charge in [0, 0.05) is 18.5 Å². The molecule has 0 spiro atoms. The molecule has 0 unspecified atom stereocenters. The smallest absolute Gasteiger partial charge is 0.312 e. The Balaban J connectivity index is 1.86. The number of methoxy groups -OCH3 is 1. The van der Waals surface area contributed by atoms with Gasteiger partial charge in [0.15, 0.2) is 5.75 Å². The van der Waals surface area contributed by atoms with Gasteiger partial charge < -0.3 is 4.74 Å². The molecule has 2 aromatic heterocycles. The lowest BCUT2D eigenvalue weighted by atomic mass is 10.3. The highest BCUT2D eigenvalue weighted by atomic mass is 32.2. The van der Waals surface area contributed by atoms with E-state index in [0.717, 1.165) is 6.07 Å². The SMILES string of the molecule is COc1ccc(S(=O)(=O)Nc2ccnc(Sc3ccccn3)c2)cc1[N+](=O)[O-].